The second kappa shape index (κ2) is 13.8. The lowest BCUT2D eigenvalue weighted by Gasteiger charge is -2.17. The molecule has 0 saturated heterocycles. The van der Waals surface area contributed by atoms with Gasteiger partial charge in [-0.05, 0) is 62.1 Å². The Hall–Kier alpha value is -3.77. The van der Waals surface area contributed by atoms with Crippen molar-refractivity contribution in [2.75, 3.05) is 0 Å². The number of aromatic nitrogens is 5. The van der Waals surface area contributed by atoms with Crippen LogP contribution in [0.3, 0.4) is 0 Å². The van der Waals surface area contributed by atoms with Crippen molar-refractivity contribution >= 4 is 46.4 Å². The molecule has 5 aromatic rings. The lowest BCUT2D eigenvalue weighted by atomic mass is 10.1. The first-order valence-electron chi connectivity index (χ1n) is 14.8. The van der Waals surface area contributed by atoms with E-state index in [1.54, 1.807) is 26.3 Å². The van der Waals surface area contributed by atoms with Crippen LogP contribution in [0.2, 0.25) is 20.4 Å². The van der Waals surface area contributed by atoms with E-state index in [0.29, 0.717) is 31.9 Å². The summed E-state index contributed by atoms with van der Waals surface area (Å²) in [5.41, 5.74) is 0.299. The minimum Gasteiger partial charge on any atom is -0.506 e. The first-order valence-corrected chi connectivity index (χ1v) is 16.3. The number of hydrogen-bond acceptors (Lipinski definition) is 5. The number of aromatic hydroxyl groups is 1. The SMILES string of the molecule is O=c1c(-c2cc(O)c(Cl)cc2F)c(Cl)n2n1CCCC2.O=c1c(-c2cc(OCc3ccccn3)c(Cl)cc2F)c(Cl)n2n1CCCC2. The molecule has 9 nitrogen and oxygen atoms in total. The van der Waals surface area contributed by atoms with Gasteiger partial charge in [0.05, 0.1) is 26.9 Å². The molecule has 0 unspecified atom stereocenters. The summed E-state index contributed by atoms with van der Waals surface area (Å²) in [6.07, 6.45) is 5.27. The Morgan fingerprint density at radius 1 is 0.723 bits per heavy atom. The van der Waals surface area contributed by atoms with Crippen LogP contribution in [0.1, 0.15) is 31.4 Å². The molecular weight excluding hydrogens is 698 g/mol. The summed E-state index contributed by atoms with van der Waals surface area (Å²) in [5.74, 6) is -1.32. The Bertz CT molecular complexity index is 2090. The molecule has 3 aromatic heterocycles. The van der Waals surface area contributed by atoms with Crippen molar-refractivity contribution in [2.24, 2.45) is 0 Å². The van der Waals surface area contributed by atoms with Crippen molar-refractivity contribution in [2.45, 2.75) is 58.5 Å². The van der Waals surface area contributed by atoms with E-state index < -0.39 is 11.6 Å². The van der Waals surface area contributed by atoms with E-state index in [-0.39, 0.29) is 71.8 Å². The monoisotopic (exact) mass is 723 g/mol. The van der Waals surface area contributed by atoms with Crippen molar-refractivity contribution in [1.82, 2.24) is 23.7 Å². The van der Waals surface area contributed by atoms with Gasteiger partial charge < -0.3 is 9.84 Å². The third-order valence-electron chi connectivity index (χ3n) is 8.02. The van der Waals surface area contributed by atoms with Gasteiger partial charge in [0, 0.05) is 43.5 Å². The third-order valence-corrected chi connectivity index (χ3v) is 9.39. The van der Waals surface area contributed by atoms with Gasteiger partial charge >= 0.3 is 0 Å². The van der Waals surface area contributed by atoms with Crippen molar-refractivity contribution in [1.29, 1.82) is 0 Å². The molecule has 15 heteroatoms. The average Bonchev–Trinajstić information content (AvgIpc) is 3.47. The maximum Gasteiger partial charge on any atom is 0.276 e. The summed E-state index contributed by atoms with van der Waals surface area (Å²) in [5, 5.41) is 10.0. The largest absolute Gasteiger partial charge is 0.506 e. The molecule has 0 bridgehead atoms. The highest BCUT2D eigenvalue weighted by Gasteiger charge is 2.26. The molecule has 0 atom stereocenters. The predicted molar refractivity (Wildman–Crippen MR) is 177 cm³/mol. The van der Waals surface area contributed by atoms with Crippen molar-refractivity contribution in [3.63, 3.8) is 0 Å². The lowest BCUT2D eigenvalue weighted by molar-refractivity contribution is 0.301. The molecule has 0 spiro atoms. The highest BCUT2D eigenvalue weighted by atomic mass is 35.5. The van der Waals surface area contributed by atoms with Gasteiger partial charge in [-0.3, -0.25) is 23.9 Å². The summed E-state index contributed by atoms with van der Waals surface area (Å²) in [4.78, 5) is 29.3. The van der Waals surface area contributed by atoms with Crippen LogP contribution in [-0.2, 0) is 32.8 Å². The second-order valence-corrected chi connectivity index (χ2v) is 12.5. The molecule has 2 aliphatic heterocycles. The number of nitrogens with zero attached hydrogens (tertiary/aromatic N) is 5. The molecular formula is C32H27Cl4F2N5O4. The Morgan fingerprint density at radius 3 is 1.74 bits per heavy atom. The number of fused-ring (bicyclic) bond motifs is 2. The smallest absolute Gasteiger partial charge is 0.276 e. The van der Waals surface area contributed by atoms with E-state index in [4.69, 9.17) is 51.1 Å². The van der Waals surface area contributed by atoms with Gasteiger partial charge in [-0.2, -0.15) is 0 Å². The number of phenols is 1. The van der Waals surface area contributed by atoms with Gasteiger partial charge in [-0.25, -0.2) is 18.1 Å². The number of phenolic OH excluding ortho intramolecular Hbond substituents is 1. The van der Waals surface area contributed by atoms with Crippen LogP contribution in [0.4, 0.5) is 8.78 Å². The second-order valence-electron chi connectivity index (χ2n) is 11.0. The van der Waals surface area contributed by atoms with Gasteiger partial charge in [0.15, 0.2) is 0 Å². The highest BCUT2D eigenvalue weighted by molar-refractivity contribution is 6.34. The normalized spacial score (nSPS) is 13.8. The van der Waals surface area contributed by atoms with Crippen LogP contribution in [-0.4, -0.2) is 28.8 Å². The molecule has 0 radical (unpaired) electrons. The van der Waals surface area contributed by atoms with Crippen molar-refractivity contribution in [3.05, 3.63) is 107 Å². The number of ether oxygens (including phenoxy) is 1. The standard InChI is InChI=1S/C19H16Cl2FN3O2.C13H11Cl2FN2O2/c20-14-10-15(22)13(9-16(14)27-11-12-5-1-2-6-23-12)17-18(21)24-7-3-4-8-25(24)19(17)26;14-8-6-9(16)7(5-10(8)19)11-12(15)17-3-1-2-4-18(17)13(11)20/h1-2,5-6,9-10H,3-4,7-8,11H2;5-6,19H,1-4H2. The molecule has 0 saturated carbocycles. The van der Waals surface area contributed by atoms with E-state index >= 15 is 0 Å². The molecule has 2 aliphatic rings. The van der Waals surface area contributed by atoms with Crippen LogP contribution in [0.5, 0.6) is 11.5 Å². The number of pyridine rings is 1. The van der Waals surface area contributed by atoms with E-state index in [1.165, 1.54) is 10.7 Å². The first-order chi connectivity index (χ1) is 22.6. The number of hydrogen-bond donors (Lipinski definition) is 1. The quantitative estimate of drug-likeness (QED) is 0.200. The number of halogens is 6. The van der Waals surface area contributed by atoms with Gasteiger partial charge in [0.25, 0.3) is 11.1 Å². The molecule has 47 heavy (non-hydrogen) atoms. The Labute approximate surface area is 287 Å². The summed E-state index contributed by atoms with van der Waals surface area (Å²) < 4.78 is 40.8. The fraction of sp³-hybridized carbons (Fsp3) is 0.281. The molecule has 2 aromatic carbocycles. The molecule has 1 N–H and O–H groups in total. The van der Waals surface area contributed by atoms with Crippen molar-refractivity contribution < 1.29 is 18.6 Å². The van der Waals surface area contributed by atoms with E-state index in [9.17, 15) is 23.5 Å². The lowest BCUT2D eigenvalue weighted by Crippen LogP contribution is -2.27. The van der Waals surface area contributed by atoms with Crippen molar-refractivity contribution in [3.8, 4) is 33.8 Å². The van der Waals surface area contributed by atoms with Gasteiger partial charge in [0.1, 0.15) is 40.0 Å². The van der Waals surface area contributed by atoms with E-state index in [0.717, 1.165) is 43.9 Å². The predicted octanol–water partition coefficient (Wildman–Crippen LogP) is 7.79. The Balaban J connectivity index is 0.000000172. The van der Waals surface area contributed by atoms with Crippen LogP contribution in [0, 0.1) is 11.6 Å². The minimum absolute atomic E-state index is 0.0312. The summed E-state index contributed by atoms with van der Waals surface area (Å²) in [6.45, 7) is 2.54. The number of benzene rings is 2. The fourth-order valence-electron chi connectivity index (χ4n) is 5.70. The average molecular weight is 725 g/mol. The van der Waals surface area contributed by atoms with E-state index in [2.05, 4.69) is 4.98 Å². The minimum atomic E-state index is -0.685. The number of rotatable bonds is 5. The van der Waals surface area contributed by atoms with Crippen LogP contribution < -0.4 is 15.9 Å². The molecule has 246 valence electrons. The molecule has 5 heterocycles. The maximum absolute atomic E-state index is 14.6. The van der Waals surface area contributed by atoms with Crippen LogP contribution >= 0.6 is 46.4 Å². The molecule has 0 amide bonds. The highest BCUT2D eigenvalue weighted by Crippen LogP contribution is 2.37. The van der Waals surface area contributed by atoms with Gasteiger partial charge in [0.2, 0.25) is 0 Å². The third kappa shape index (κ3) is 6.41. The molecule has 0 fully saturated rings. The van der Waals surface area contributed by atoms with Gasteiger partial charge in [-0.1, -0.05) is 52.5 Å². The van der Waals surface area contributed by atoms with Crippen LogP contribution in [0.15, 0.2) is 58.3 Å². The first kappa shape index (κ1) is 33.1. The topological polar surface area (TPSA) is 96.2 Å². The molecule has 7 rings (SSSR count). The maximum atomic E-state index is 14.6. The molecule has 0 aliphatic carbocycles. The zero-order chi connectivity index (χ0) is 33.4. The van der Waals surface area contributed by atoms with Crippen LogP contribution in [0.25, 0.3) is 22.3 Å². The fourth-order valence-corrected chi connectivity index (χ4v) is 6.77. The summed E-state index contributed by atoms with van der Waals surface area (Å²) in [7, 11) is 0. The Morgan fingerprint density at radius 2 is 1.23 bits per heavy atom. The summed E-state index contributed by atoms with van der Waals surface area (Å²) in [6, 6.07) is 10.1. The Kier molecular flexibility index (Phi) is 9.70. The summed E-state index contributed by atoms with van der Waals surface area (Å²) >= 11 is 24.4. The zero-order valence-electron chi connectivity index (χ0n) is 24.7. The van der Waals surface area contributed by atoms with Gasteiger partial charge in [-0.15, -0.1) is 0 Å². The van der Waals surface area contributed by atoms with E-state index in [1.807, 2.05) is 12.1 Å². The zero-order valence-corrected chi connectivity index (χ0v) is 27.7.